The third kappa shape index (κ3) is 4.67. The molecule has 0 saturated carbocycles. The maximum absolute atomic E-state index is 12.3. The van der Waals surface area contributed by atoms with E-state index < -0.39 is 46.3 Å². The van der Waals surface area contributed by atoms with Crippen molar-refractivity contribution in [3.05, 3.63) is 0 Å². The minimum absolute atomic E-state index is 0.412. The van der Waals surface area contributed by atoms with Crippen molar-refractivity contribution in [1.82, 2.24) is 10.1 Å². The summed E-state index contributed by atoms with van der Waals surface area (Å²) in [6.07, 6.45) is 0.675. The average molecular weight is 401 g/mol. The quantitative estimate of drug-likeness (QED) is 0.539. The van der Waals surface area contributed by atoms with Crippen molar-refractivity contribution in [3.63, 3.8) is 0 Å². The number of esters is 2. The maximum Gasteiger partial charge on any atom is 0.417 e. The van der Waals surface area contributed by atoms with Crippen molar-refractivity contribution < 1.29 is 29.5 Å². The SMILES string of the molecule is CC1(C)CC(OC(=O)C(=O)OC2CC(C)(C)N(O)C(C)(C)C2)CC(C)(C)N1O. The van der Waals surface area contributed by atoms with Crippen LogP contribution in [0, 0.1) is 0 Å². The Hall–Kier alpha value is -1.22. The predicted octanol–water partition coefficient (Wildman–Crippen LogP) is 2.89. The number of carbonyl (C=O) groups excluding carboxylic acids is 2. The van der Waals surface area contributed by atoms with Crippen LogP contribution >= 0.6 is 0 Å². The molecule has 8 nitrogen and oxygen atoms in total. The molecule has 0 aliphatic carbocycles. The van der Waals surface area contributed by atoms with Crippen LogP contribution in [-0.2, 0) is 19.1 Å². The minimum Gasteiger partial charge on any atom is -0.454 e. The number of hydrogen-bond acceptors (Lipinski definition) is 8. The Labute approximate surface area is 167 Å². The highest BCUT2D eigenvalue weighted by molar-refractivity contribution is 6.29. The van der Waals surface area contributed by atoms with Crippen LogP contribution in [0.3, 0.4) is 0 Å². The van der Waals surface area contributed by atoms with Gasteiger partial charge in [-0.2, -0.15) is 10.1 Å². The van der Waals surface area contributed by atoms with E-state index in [2.05, 4.69) is 0 Å². The van der Waals surface area contributed by atoms with Gasteiger partial charge < -0.3 is 19.9 Å². The lowest BCUT2D eigenvalue weighted by Gasteiger charge is -2.51. The molecule has 2 heterocycles. The zero-order chi connectivity index (χ0) is 21.7. The highest BCUT2D eigenvalue weighted by Crippen LogP contribution is 2.39. The summed E-state index contributed by atoms with van der Waals surface area (Å²) >= 11 is 0. The van der Waals surface area contributed by atoms with E-state index in [0.717, 1.165) is 0 Å². The molecule has 0 aromatic rings. The Morgan fingerprint density at radius 3 is 1.07 bits per heavy atom. The van der Waals surface area contributed by atoms with E-state index in [4.69, 9.17) is 9.47 Å². The summed E-state index contributed by atoms with van der Waals surface area (Å²) in [6.45, 7) is 14.9. The molecule has 2 aliphatic heterocycles. The molecule has 2 aliphatic rings. The van der Waals surface area contributed by atoms with E-state index in [1.807, 2.05) is 55.4 Å². The van der Waals surface area contributed by atoms with E-state index >= 15 is 0 Å². The third-order valence-electron chi connectivity index (χ3n) is 5.92. The normalized spacial score (nSPS) is 27.9. The van der Waals surface area contributed by atoms with E-state index in [9.17, 15) is 20.0 Å². The second-order valence-electron chi connectivity index (χ2n) is 10.7. The van der Waals surface area contributed by atoms with Crippen LogP contribution in [-0.4, -0.2) is 66.8 Å². The summed E-state index contributed by atoms with van der Waals surface area (Å²) in [6, 6.07) is 0. The first-order valence-corrected chi connectivity index (χ1v) is 9.88. The first-order chi connectivity index (χ1) is 12.5. The zero-order valence-electron chi connectivity index (χ0n) is 18.4. The zero-order valence-corrected chi connectivity index (χ0v) is 18.4. The van der Waals surface area contributed by atoms with Crippen LogP contribution in [0.1, 0.15) is 81.1 Å². The molecule has 8 heteroatoms. The summed E-state index contributed by atoms with van der Waals surface area (Å²) in [4.78, 5) is 24.7. The number of hydroxylamine groups is 4. The van der Waals surface area contributed by atoms with E-state index in [0.29, 0.717) is 25.7 Å². The number of rotatable bonds is 2. The van der Waals surface area contributed by atoms with E-state index in [1.165, 1.54) is 10.1 Å². The Bertz CT molecular complexity index is 538. The van der Waals surface area contributed by atoms with Crippen LogP contribution in [0.5, 0.6) is 0 Å². The van der Waals surface area contributed by atoms with Crippen molar-refractivity contribution in [2.45, 2.75) is 115 Å². The molecule has 2 saturated heterocycles. The monoisotopic (exact) mass is 400 g/mol. The molecule has 2 N–H and O–H groups in total. The van der Waals surface area contributed by atoms with Gasteiger partial charge in [0.05, 0.1) is 0 Å². The van der Waals surface area contributed by atoms with Gasteiger partial charge in [-0.05, 0) is 55.4 Å². The lowest BCUT2D eigenvalue weighted by molar-refractivity contribution is -0.262. The van der Waals surface area contributed by atoms with Crippen LogP contribution in [0.25, 0.3) is 0 Å². The Balaban J connectivity index is 1.99. The first-order valence-electron chi connectivity index (χ1n) is 9.88. The molecule has 0 radical (unpaired) electrons. The smallest absolute Gasteiger partial charge is 0.417 e. The summed E-state index contributed by atoms with van der Waals surface area (Å²) < 4.78 is 10.9. The Kier molecular flexibility index (Phi) is 5.96. The lowest BCUT2D eigenvalue weighted by Crippen LogP contribution is -2.61. The molecule has 0 bridgehead atoms. The van der Waals surface area contributed by atoms with Gasteiger partial charge in [0.1, 0.15) is 12.2 Å². The molecule has 28 heavy (non-hydrogen) atoms. The molecule has 2 rings (SSSR count). The van der Waals surface area contributed by atoms with E-state index in [-0.39, 0.29) is 0 Å². The van der Waals surface area contributed by atoms with Gasteiger partial charge in [-0.25, -0.2) is 9.59 Å². The second-order valence-corrected chi connectivity index (χ2v) is 10.7. The first kappa shape index (κ1) is 23.1. The summed E-state index contributed by atoms with van der Waals surface area (Å²) in [5.41, 5.74) is -2.34. The third-order valence-corrected chi connectivity index (χ3v) is 5.92. The second kappa shape index (κ2) is 7.23. The lowest BCUT2D eigenvalue weighted by atomic mass is 9.80. The molecule has 0 aromatic heterocycles. The molecule has 2 fully saturated rings. The van der Waals surface area contributed by atoms with Gasteiger partial charge in [-0.15, -0.1) is 0 Å². The number of nitrogens with zero attached hydrogens (tertiary/aromatic N) is 2. The number of carbonyl (C=O) groups is 2. The van der Waals surface area contributed by atoms with Crippen molar-refractivity contribution >= 4 is 11.9 Å². The van der Waals surface area contributed by atoms with Gasteiger partial charge in [-0.1, -0.05) is 0 Å². The van der Waals surface area contributed by atoms with Crippen LogP contribution in [0.2, 0.25) is 0 Å². The molecule has 0 spiro atoms. The van der Waals surface area contributed by atoms with Gasteiger partial charge in [0.15, 0.2) is 0 Å². The van der Waals surface area contributed by atoms with Gasteiger partial charge in [0, 0.05) is 47.8 Å². The van der Waals surface area contributed by atoms with Crippen molar-refractivity contribution in [2.75, 3.05) is 0 Å². The van der Waals surface area contributed by atoms with Crippen LogP contribution in [0.15, 0.2) is 0 Å². The Morgan fingerprint density at radius 1 is 0.643 bits per heavy atom. The highest BCUT2D eigenvalue weighted by Gasteiger charge is 2.48. The fourth-order valence-electron chi connectivity index (χ4n) is 4.92. The van der Waals surface area contributed by atoms with Gasteiger partial charge in [-0.3, -0.25) is 0 Å². The summed E-state index contributed by atoms with van der Waals surface area (Å²) in [5.74, 6) is -2.02. The number of hydrogen-bond donors (Lipinski definition) is 2. The molecule has 0 aromatic carbocycles. The number of piperidine rings is 2. The van der Waals surface area contributed by atoms with Crippen molar-refractivity contribution in [3.8, 4) is 0 Å². The largest absolute Gasteiger partial charge is 0.454 e. The standard InChI is InChI=1S/C20H36N2O6/c1-17(2)9-13(10-18(3,4)21(17)25)27-15(23)16(24)28-14-11-19(5,6)22(26)20(7,8)12-14/h13-14,25-26H,9-12H2,1-8H3. The molecule has 0 amide bonds. The summed E-state index contributed by atoms with van der Waals surface area (Å²) in [7, 11) is 0. The Morgan fingerprint density at radius 2 is 0.857 bits per heavy atom. The molecular formula is C20H36N2O6. The van der Waals surface area contributed by atoms with Gasteiger partial charge >= 0.3 is 11.9 Å². The predicted molar refractivity (Wildman–Crippen MR) is 102 cm³/mol. The van der Waals surface area contributed by atoms with Crippen molar-refractivity contribution in [2.24, 2.45) is 0 Å². The highest BCUT2D eigenvalue weighted by atomic mass is 16.6. The fourth-order valence-corrected chi connectivity index (χ4v) is 4.92. The molecule has 0 atom stereocenters. The molecular weight excluding hydrogens is 364 g/mol. The van der Waals surface area contributed by atoms with Crippen LogP contribution < -0.4 is 0 Å². The van der Waals surface area contributed by atoms with Crippen LogP contribution in [0.4, 0.5) is 0 Å². The summed E-state index contributed by atoms with van der Waals surface area (Å²) in [5, 5.41) is 23.3. The topological polar surface area (TPSA) is 99.5 Å². The molecule has 0 unspecified atom stereocenters. The van der Waals surface area contributed by atoms with E-state index in [1.54, 1.807) is 0 Å². The van der Waals surface area contributed by atoms with Gasteiger partial charge in [0.2, 0.25) is 0 Å². The minimum atomic E-state index is -1.01. The van der Waals surface area contributed by atoms with Crippen molar-refractivity contribution in [1.29, 1.82) is 0 Å². The maximum atomic E-state index is 12.3. The van der Waals surface area contributed by atoms with Gasteiger partial charge in [0.25, 0.3) is 0 Å². The average Bonchev–Trinajstić information content (AvgIpc) is 2.49. The molecule has 162 valence electrons. The fraction of sp³-hybridized carbons (Fsp3) is 0.900. The number of ether oxygens (including phenoxy) is 2.